The minimum Gasteiger partial charge on any atom is -0.495 e. The minimum atomic E-state index is -4.61. The summed E-state index contributed by atoms with van der Waals surface area (Å²) >= 11 is 6.29. The number of amides is 2. The molecule has 0 unspecified atom stereocenters. The van der Waals surface area contributed by atoms with Gasteiger partial charge >= 0.3 is 0 Å². The van der Waals surface area contributed by atoms with Crippen LogP contribution in [0.1, 0.15) is 49.8 Å². The van der Waals surface area contributed by atoms with Crippen molar-refractivity contribution in [2.24, 2.45) is 0 Å². The number of ether oxygens (including phenoxy) is 1. The third-order valence-corrected chi connectivity index (χ3v) is 9.46. The quantitative estimate of drug-likeness (QED) is 0.124. The van der Waals surface area contributed by atoms with Gasteiger partial charge in [0, 0.05) is 29.7 Å². The van der Waals surface area contributed by atoms with Crippen molar-refractivity contribution in [3.63, 3.8) is 0 Å². The number of methoxy groups -OCH3 is 1. The second-order valence-electron chi connectivity index (χ2n) is 10.6. The van der Waals surface area contributed by atoms with Crippen molar-refractivity contribution in [3.05, 3.63) is 92.5 Å². The first-order valence-corrected chi connectivity index (χ1v) is 16.4. The largest absolute Gasteiger partial charge is 0.495 e. The zero-order valence-electron chi connectivity index (χ0n) is 26.1. The van der Waals surface area contributed by atoms with E-state index in [0.717, 1.165) is 34.3 Å². The van der Waals surface area contributed by atoms with Gasteiger partial charge in [-0.05, 0) is 62.1 Å². The van der Waals surface area contributed by atoms with E-state index in [0.29, 0.717) is 6.54 Å². The van der Waals surface area contributed by atoms with Crippen molar-refractivity contribution >= 4 is 44.8 Å². The van der Waals surface area contributed by atoms with E-state index in [2.05, 4.69) is 5.32 Å². The lowest BCUT2D eigenvalue weighted by Gasteiger charge is -2.34. The maximum atomic E-state index is 14.3. The summed E-state index contributed by atoms with van der Waals surface area (Å²) in [7, 11) is -3.27. The SMILES string of the molecule is CCCCNC(=O)[C@H](CC)N(Cc1ccccc1C)C(=O)CN(c1cc(Cl)ccc1OC)S(=O)(=O)c1ccc(C)c([N+](=O)[O-])c1. The highest BCUT2D eigenvalue weighted by Gasteiger charge is 2.35. The molecule has 0 spiro atoms. The molecule has 0 saturated carbocycles. The molecule has 0 aliphatic heterocycles. The number of carbonyl (C=O) groups excluding carboxylic acids is 2. The number of aryl methyl sites for hydroxylation is 2. The van der Waals surface area contributed by atoms with E-state index in [1.807, 2.05) is 38.1 Å². The Morgan fingerprint density at radius 2 is 1.76 bits per heavy atom. The standard InChI is InChI=1S/C32H39ClN4O7S/c1-6-8-17-34-32(39)27(7-2)35(20-24-12-10-9-11-22(24)3)31(38)21-36(29-18-25(33)14-16-30(29)44-5)45(42,43)26-15-13-23(4)28(19-26)37(40)41/h9-16,18-19,27H,6-8,17,20-21H2,1-5H3,(H,34,39)/t27-/m0/s1. The summed E-state index contributed by atoms with van der Waals surface area (Å²) in [6.07, 6.45) is 1.90. The first kappa shape index (κ1) is 35.3. The minimum absolute atomic E-state index is 0.0434. The number of rotatable bonds is 15. The number of nitro groups is 1. The van der Waals surface area contributed by atoms with Crippen molar-refractivity contribution in [2.45, 2.75) is 64.4 Å². The highest BCUT2D eigenvalue weighted by atomic mass is 35.5. The fourth-order valence-corrected chi connectivity index (χ4v) is 6.45. The Bertz CT molecular complexity index is 1650. The van der Waals surface area contributed by atoms with Crippen LogP contribution in [0.15, 0.2) is 65.6 Å². The average molecular weight is 659 g/mol. The molecule has 13 heteroatoms. The molecule has 242 valence electrons. The summed E-state index contributed by atoms with van der Waals surface area (Å²) in [4.78, 5) is 39.7. The van der Waals surface area contributed by atoms with Crippen LogP contribution in [0.4, 0.5) is 11.4 Å². The highest BCUT2D eigenvalue weighted by molar-refractivity contribution is 7.92. The van der Waals surface area contributed by atoms with E-state index in [1.165, 1.54) is 49.3 Å². The van der Waals surface area contributed by atoms with Gasteiger partial charge in [0.1, 0.15) is 18.3 Å². The molecule has 3 aromatic carbocycles. The topological polar surface area (TPSA) is 139 Å². The molecule has 0 aliphatic rings. The van der Waals surface area contributed by atoms with Gasteiger partial charge in [-0.15, -0.1) is 0 Å². The molecule has 2 amide bonds. The van der Waals surface area contributed by atoms with Crippen LogP contribution < -0.4 is 14.4 Å². The Morgan fingerprint density at radius 1 is 1.04 bits per heavy atom. The fraction of sp³-hybridized carbons (Fsp3) is 0.375. The Balaban J connectivity index is 2.18. The van der Waals surface area contributed by atoms with Gasteiger partial charge < -0.3 is 15.0 Å². The zero-order valence-corrected chi connectivity index (χ0v) is 27.7. The Morgan fingerprint density at radius 3 is 2.38 bits per heavy atom. The first-order chi connectivity index (χ1) is 21.3. The Hall–Kier alpha value is -4.16. The van der Waals surface area contributed by atoms with Crippen LogP contribution in [0.2, 0.25) is 5.02 Å². The third-order valence-electron chi connectivity index (χ3n) is 7.47. The van der Waals surface area contributed by atoms with E-state index in [4.69, 9.17) is 16.3 Å². The molecule has 0 saturated heterocycles. The van der Waals surface area contributed by atoms with Gasteiger partial charge in [0.2, 0.25) is 11.8 Å². The normalized spacial score (nSPS) is 11.9. The fourth-order valence-electron chi connectivity index (χ4n) is 4.84. The number of hydrogen-bond acceptors (Lipinski definition) is 7. The molecule has 11 nitrogen and oxygen atoms in total. The van der Waals surface area contributed by atoms with E-state index < -0.39 is 44.0 Å². The summed E-state index contributed by atoms with van der Waals surface area (Å²) in [5, 5.41) is 14.7. The van der Waals surface area contributed by atoms with Crippen LogP contribution >= 0.6 is 11.6 Å². The molecule has 0 bridgehead atoms. The molecule has 3 rings (SSSR count). The number of unbranched alkanes of at least 4 members (excludes halogenated alkanes) is 1. The number of sulfonamides is 1. The van der Waals surface area contributed by atoms with Gasteiger partial charge in [0.25, 0.3) is 15.7 Å². The molecular weight excluding hydrogens is 620 g/mol. The number of anilines is 1. The van der Waals surface area contributed by atoms with Crippen molar-refractivity contribution < 1.29 is 27.7 Å². The second kappa shape index (κ2) is 15.7. The van der Waals surface area contributed by atoms with E-state index in [-0.39, 0.29) is 40.9 Å². The van der Waals surface area contributed by atoms with Gasteiger partial charge in [0.05, 0.1) is 22.6 Å². The summed E-state index contributed by atoms with van der Waals surface area (Å²) in [5.41, 5.74) is 1.51. The summed E-state index contributed by atoms with van der Waals surface area (Å²) in [5.74, 6) is -0.910. The third kappa shape index (κ3) is 8.52. The first-order valence-electron chi connectivity index (χ1n) is 14.6. The van der Waals surface area contributed by atoms with Crippen LogP contribution in [-0.2, 0) is 26.2 Å². The lowest BCUT2D eigenvalue weighted by Crippen LogP contribution is -2.52. The predicted molar refractivity (Wildman–Crippen MR) is 174 cm³/mol. The van der Waals surface area contributed by atoms with Crippen LogP contribution in [0.5, 0.6) is 5.75 Å². The summed E-state index contributed by atoms with van der Waals surface area (Å²) in [6.45, 7) is 6.90. The van der Waals surface area contributed by atoms with Gasteiger partial charge in [-0.2, -0.15) is 0 Å². The molecule has 0 heterocycles. The lowest BCUT2D eigenvalue weighted by atomic mass is 10.1. The zero-order chi connectivity index (χ0) is 33.3. The van der Waals surface area contributed by atoms with E-state index in [1.54, 1.807) is 6.92 Å². The number of nitrogens with zero attached hydrogens (tertiary/aromatic N) is 3. The monoisotopic (exact) mass is 658 g/mol. The Kier molecular flexibility index (Phi) is 12.3. The number of nitrogens with one attached hydrogen (secondary N) is 1. The average Bonchev–Trinajstić information content (AvgIpc) is 3.00. The smallest absolute Gasteiger partial charge is 0.273 e. The molecule has 45 heavy (non-hydrogen) atoms. The van der Waals surface area contributed by atoms with Crippen molar-refractivity contribution in [2.75, 3.05) is 24.5 Å². The van der Waals surface area contributed by atoms with Gasteiger partial charge in [-0.25, -0.2) is 8.42 Å². The summed E-state index contributed by atoms with van der Waals surface area (Å²) in [6, 6.07) is 14.4. The molecule has 0 fully saturated rings. The van der Waals surface area contributed by atoms with Gasteiger partial charge in [0.15, 0.2) is 0 Å². The summed E-state index contributed by atoms with van der Waals surface area (Å²) < 4.78 is 34.8. The molecule has 0 aromatic heterocycles. The second-order valence-corrected chi connectivity index (χ2v) is 12.8. The van der Waals surface area contributed by atoms with Crippen LogP contribution in [0, 0.1) is 24.0 Å². The number of nitro benzene ring substituents is 1. The molecular formula is C32H39ClN4O7S. The molecule has 1 atom stereocenters. The molecule has 3 aromatic rings. The van der Waals surface area contributed by atoms with Crippen molar-refractivity contribution in [1.82, 2.24) is 10.2 Å². The molecule has 0 aliphatic carbocycles. The predicted octanol–water partition coefficient (Wildman–Crippen LogP) is 5.79. The van der Waals surface area contributed by atoms with Gasteiger partial charge in [-0.3, -0.25) is 24.0 Å². The molecule has 1 N–H and O–H groups in total. The Labute approximate surface area is 269 Å². The maximum Gasteiger partial charge on any atom is 0.273 e. The lowest BCUT2D eigenvalue weighted by molar-refractivity contribution is -0.385. The van der Waals surface area contributed by atoms with Gasteiger partial charge in [-0.1, -0.05) is 62.2 Å². The molecule has 0 radical (unpaired) electrons. The number of benzene rings is 3. The number of hydrogen-bond donors (Lipinski definition) is 1. The van der Waals surface area contributed by atoms with Crippen molar-refractivity contribution in [3.8, 4) is 5.75 Å². The van der Waals surface area contributed by atoms with E-state index >= 15 is 0 Å². The van der Waals surface area contributed by atoms with Crippen LogP contribution in [0.25, 0.3) is 0 Å². The van der Waals surface area contributed by atoms with Crippen molar-refractivity contribution in [1.29, 1.82) is 0 Å². The highest BCUT2D eigenvalue weighted by Crippen LogP contribution is 2.36. The number of halogens is 1. The number of carbonyl (C=O) groups is 2. The van der Waals surface area contributed by atoms with Crippen LogP contribution in [0.3, 0.4) is 0 Å². The van der Waals surface area contributed by atoms with E-state index in [9.17, 15) is 28.1 Å². The maximum absolute atomic E-state index is 14.3. The van der Waals surface area contributed by atoms with Crippen LogP contribution in [-0.4, -0.2) is 56.3 Å².